The van der Waals surface area contributed by atoms with E-state index in [9.17, 15) is 0 Å². The molecule has 14 heavy (non-hydrogen) atoms. The third kappa shape index (κ3) is 2.33. The average Bonchev–Trinajstić information content (AvgIpc) is 2.10. The van der Waals surface area contributed by atoms with Gasteiger partial charge in [0.15, 0.2) is 0 Å². The van der Waals surface area contributed by atoms with Gasteiger partial charge in [-0.1, -0.05) is 0 Å². The first-order valence-electron chi connectivity index (χ1n) is 4.18. The van der Waals surface area contributed by atoms with Crippen molar-refractivity contribution in [3.63, 3.8) is 0 Å². The number of thiol groups is 1. The van der Waals surface area contributed by atoms with Crippen LogP contribution in [0.2, 0.25) is 0 Å². The third-order valence-electron chi connectivity index (χ3n) is 2.11. The molecule has 0 atom stereocenters. The average molecular weight is 206 g/mol. The smallest absolute Gasteiger partial charge is 0.423 e. The quantitative estimate of drug-likeness (QED) is 0.366. The third-order valence-corrected chi connectivity index (χ3v) is 2.37. The highest BCUT2D eigenvalue weighted by atomic mass is 32.1. The zero-order valence-electron chi connectivity index (χ0n) is 7.86. The summed E-state index contributed by atoms with van der Waals surface area (Å²) in [6, 6.07) is 3.47. The molecule has 0 aliphatic heterocycles. The molecule has 0 aromatic heterocycles. The standard InChI is InChI=1S/C10H11BO2S/c1-3-4-8-5-9(14)6-10(7(8)2)11(12)13/h1,5-6,12-14H,4H2,2H3. The Morgan fingerprint density at radius 3 is 2.64 bits per heavy atom. The van der Waals surface area contributed by atoms with Crippen LogP contribution in [0, 0.1) is 19.3 Å². The molecule has 2 nitrogen and oxygen atoms in total. The topological polar surface area (TPSA) is 40.5 Å². The number of terminal acetylenes is 1. The summed E-state index contributed by atoms with van der Waals surface area (Å²) >= 11 is 4.17. The predicted molar refractivity (Wildman–Crippen MR) is 60.8 cm³/mol. The maximum atomic E-state index is 9.09. The molecule has 0 bridgehead atoms. The monoisotopic (exact) mass is 206 g/mol. The van der Waals surface area contributed by atoms with Gasteiger partial charge in [0.05, 0.1) is 0 Å². The molecule has 0 radical (unpaired) electrons. The summed E-state index contributed by atoms with van der Waals surface area (Å²) in [7, 11) is -1.47. The fourth-order valence-electron chi connectivity index (χ4n) is 1.34. The molecule has 0 aliphatic rings. The van der Waals surface area contributed by atoms with Crippen molar-refractivity contribution in [1.82, 2.24) is 0 Å². The van der Waals surface area contributed by atoms with Crippen molar-refractivity contribution in [3.05, 3.63) is 23.3 Å². The Hall–Kier alpha value is -0.885. The Morgan fingerprint density at radius 2 is 2.14 bits per heavy atom. The maximum absolute atomic E-state index is 9.09. The first-order valence-corrected chi connectivity index (χ1v) is 4.63. The van der Waals surface area contributed by atoms with Crippen LogP contribution in [0.3, 0.4) is 0 Å². The molecular formula is C10H11BO2S. The second kappa shape index (κ2) is 4.56. The van der Waals surface area contributed by atoms with E-state index in [0.29, 0.717) is 16.8 Å². The summed E-state index contributed by atoms with van der Waals surface area (Å²) in [6.07, 6.45) is 5.68. The van der Waals surface area contributed by atoms with E-state index in [-0.39, 0.29) is 0 Å². The van der Waals surface area contributed by atoms with E-state index in [0.717, 1.165) is 11.1 Å². The van der Waals surface area contributed by atoms with Gasteiger partial charge in [0.25, 0.3) is 0 Å². The molecule has 0 spiro atoms. The van der Waals surface area contributed by atoms with Crippen LogP contribution in [-0.2, 0) is 6.42 Å². The lowest BCUT2D eigenvalue weighted by atomic mass is 9.76. The van der Waals surface area contributed by atoms with Crippen LogP contribution in [0.1, 0.15) is 11.1 Å². The van der Waals surface area contributed by atoms with Crippen molar-refractivity contribution in [2.75, 3.05) is 0 Å². The van der Waals surface area contributed by atoms with Crippen molar-refractivity contribution in [3.8, 4) is 12.3 Å². The summed E-state index contributed by atoms with van der Waals surface area (Å²) in [6.45, 7) is 1.81. The van der Waals surface area contributed by atoms with E-state index in [2.05, 4.69) is 18.5 Å². The number of hydrogen-bond donors (Lipinski definition) is 3. The Kier molecular flexibility index (Phi) is 3.65. The van der Waals surface area contributed by atoms with Crippen LogP contribution in [0.25, 0.3) is 0 Å². The van der Waals surface area contributed by atoms with Gasteiger partial charge in [-0.3, -0.25) is 0 Å². The van der Waals surface area contributed by atoms with Crippen molar-refractivity contribution >= 4 is 25.2 Å². The highest BCUT2D eigenvalue weighted by molar-refractivity contribution is 7.80. The molecule has 1 rings (SSSR count). The summed E-state index contributed by atoms with van der Waals surface area (Å²) in [5.74, 6) is 2.52. The van der Waals surface area contributed by atoms with Crippen molar-refractivity contribution in [2.24, 2.45) is 0 Å². The zero-order chi connectivity index (χ0) is 10.7. The van der Waals surface area contributed by atoms with Crippen LogP contribution < -0.4 is 5.46 Å². The SMILES string of the molecule is C#CCc1cc(S)cc(B(O)O)c1C. The van der Waals surface area contributed by atoms with Crippen molar-refractivity contribution in [2.45, 2.75) is 18.2 Å². The van der Waals surface area contributed by atoms with Gasteiger partial charge >= 0.3 is 7.12 Å². The summed E-state index contributed by atoms with van der Waals surface area (Å²) in [5.41, 5.74) is 2.18. The Morgan fingerprint density at radius 1 is 1.50 bits per heavy atom. The van der Waals surface area contributed by atoms with E-state index in [1.165, 1.54) is 0 Å². The van der Waals surface area contributed by atoms with Gasteiger partial charge in [0.1, 0.15) is 0 Å². The summed E-state index contributed by atoms with van der Waals surface area (Å²) in [4.78, 5) is 0.684. The molecular weight excluding hydrogens is 195 g/mol. The van der Waals surface area contributed by atoms with E-state index in [1.54, 1.807) is 6.07 Å². The lowest BCUT2D eigenvalue weighted by Crippen LogP contribution is -2.33. The predicted octanol–water partition coefficient (Wildman–Crippen LogP) is 0.139. The van der Waals surface area contributed by atoms with Crippen LogP contribution >= 0.6 is 12.6 Å². The minimum absolute atomic E-state index is 0.461. The first kappa shape index (κ1) is 11.2. The molecule has 0 amide bonds. The highest BCUT2D eigenvalue weighted by Crippen LogP contribution is 2.13. The van der Waals surface area contributed by atoms with Crippen molar-refractivity contribution < 1.29 is 10.0 Å². The first-order chi connectivity index (χ1) is 6.56. The molecule has 2 N–H and O–H groups in total. The largest absolute Gasteiger partial charge is 0.488 e. The molecule has 0 saturated carbocycles. The van der Waals surface area contributed by atoms with Gasteiger partial charge in [-0.05, 0) is 35.6 Å². The van der Waals surface area contributed by atoms with E-state index < -0.39 is 7.12 Å². The second-order valence-electron chi connectivity index (χ2n) is 3.07. The van der Waals surface area contributed by atoms with Crippen molar-refractivity contribution in [1.29, 1.82) is 0 Å². The molecule has 0 unspecified atom stereocenters. The fraction of sp³-hybridized carbons (Fsp3) is 0.200. The molecule has 0 fully saturated rings. The van der Waals surface area contributed by atoms with E-state index >= 15 is 0 Å². The molecule has 1 aromatic carbocycles. The van der Waals surface area contributed by atoms with Gasteiger partial charge in [0, 0.05) is 11.3 Å². The van der Waals surface area contributed by atoms with Gasteiger partial charge < -0.3 is 10.0 Å². The number of benzene rings is 1. The lowest BCUT2D eigenvalue weighted by Gasteiger charge is -2.10. The normalized spacial score (nSPS) is 9.64. The fourth-order valence-corrected chi connectivity index (χ4v) is 1.64. The summed E-state index contributed by atoms with van der Waals surface area (Å²) < 4.78 is 0. The second-order valence-corrected chi connectivity index (χ2v) is 3.59. The van der Waals surface area contributed by atoms with Crippen LogP contribution in [0.4, 0.5) is 0 Å². The molecule has 0 heterocycles. The van der Waals surface area contributed by atoms with Gasteiger partial charge in [0.2, 0.25) is 0 Å². The summed E-state index contributed by atoms with van der Waals surface area (Å²) in [5, 5.41) is 18.2. The van der Waals surface area contributed by atoms with Crippen LogP contribution in [0.15, 0.2) is 17.0 Å². The van der Waals surface area contributed by atoms with Gasteiger partial charge in [-0.25, -0.2) is 0 Å². The zero-order valence-corrected chi connectivity index (χ0v) is 8.75. The minimum Gasteiger partial charge on any atom is -0.423 e. The Balaban J connectivity index is 3.26. The highest BCUT2D eigenvalue weighted by Gasteiger charge is 2.16. The maximum Gasteiger partial charge on any atom is 0.488 e. The van der Waals surface area contributed by atoms with Gasteiger partial charge in [-0.2, -0.15) is 0 Å². The van der Waals surface area contributed by atoms with E-state index in [4.69, 9.17) is 16.5 Å². The molecule has 72 valence electrons. The molecule has 0 aliphatic carbocycles. The van der Waals surface area contributed by atoms with Crippen LogP contribution in [-0.4, -0.2) is 17.2 Å². The number of hydrogen-bond acceptors (Lipinski definition) is 3. The molecule has 4 heteroatoms. The Bertz CT molecular complexity index is 382. The molecule has 1 aromatic rings. The Labute approximate surface area is 89.5 Å². The minimum atomic E-state index is -1.47. The van der Waals surface area contributed by atoms with Gasteiger partial charge in [-0.15, -0.1) is 25.0 Å². The lowest BCUT2D eigenvalue weighted by molar-refractivity contribution is 0.425. The molecule has 0 saturated heterocycles. The van der Waals surface area contributed by atoms with Crippen LogP contribution in [0.5, 0.6) is 0 Å². The van der Waals surface area contributed by atoms with E-state index in [1.807, 2.05) is 13.0 Å². The number of rotatable bonds is 2.